The molecule has 2 atom stereocenters. The van der Waals surface area contributed by atoms with Crippen molar-refractivity contribution in [3.8, 4) is 0 Å². The zero-order valence-electron chi connectivity index (χ0n) is 8.90. The Labute approximate surface area is 84.7 Å². The summed E-state index contributed by atoms with van der Waals surface area (Å²) in [6.45, 7) is 0. The maximum Gasteiger partial charge on any atom is 0.0829 e. The van der Waals surface area contributed by atoms with Crippen LogP contribution >= 0.6 is 0 Å². The van der Waals surface area contributed by atoms with Crippen LogP contribution in [0.25, 0.3) is 0 Å². The normalized spacial score (nSPS) is 27.0. The van der Waals surface area contributed by atoms with Gasteiger partial charge in [-0.05, 0) is 38.6 Å². The molecule has 1 heterocycles. The van der Waals surface area contributed by atoms with Crippen LogP contribution in [-0.2, 0) is 13.5 Å². The molecule has 1 fully saturated rings. The van der Waals surface area contributed by atoms with Crippen LogP contribution in [0.1, 0.15) is 25.0 Å². The van der Waals surface area contributed by atoms with E-state index in [0.29, 0.717) is 0 Å². The molecule has 1 N–H and O–H groups in total. The van der Waals surface area contributed by atoms with Crippen molar-refractivity contribution >= 4 is 0 Å². The van der Waals surface area contributed by atoms with Crippen LogP contribution in [0.4, 0.5) is 0 Å². The van der Waals surface area contributed by atoms with E-state index in [0.717, 1.165) is 24.1 Å². The fourth-order valence-electron chi connectivity index (χ4n) is 2.30. The molecule has 0 aromatic carbocycles. The molecule has 0 bridgehead atoms. The lowest BCUT2D eigenvalue weighted by atomic mass is 10.0. The molecule has 4 nitrogen and oxygen atoms in total. The number of aromatic nitrogens is 3. The summed E-state index contributed by atoms with van der Waals surface area (Å²) in [5.41, 5.74) is 1.13. The van der Waals surface area contributed by atoms with Gasteiger partial charge in [-0.2, -0.15) is 15.0 Å². The molecule has 2 rings (SSSR count). The second-order valence-electron chi connectivity index (χ2n) is 4.19. The third kappa shape index (κ3) is 2.12. The molecule has 14 heavy (non-hydrogen) atoms. The van der Waals surface area contributed by atoms with Crippen molar-refractivity contribution in [2.45, 2.75) is 31.7 Å². The van der Waals surface area contributed by atoms with E-state index < -0.39 is 0 Å². The van der Waals surface area contributed by atoms with Gasteiger partial charge in [-0.1, -0.05) is 0 Å². The summed E-state index contributed by atoms with van der Waals surface area (Å²) in [6.07, 6.45) is 6.88. The number of rotatable bonds is 3. The van der Waals surface area contributed by atoms with Gasteiger partial charge in [0.05, 0.1) is 11.9 Å². The largest absolute Gasteiger partial charge is 0.317 e. The highest BCUT2D eigenvalue weighted by Crippen LogP contribution is 2.27. The maximum absolute atomic E-state index is 4.31. The van der Waals surface area contributed by atoms with Crippen molar-refractivity contribution in [3.63, 3.8) is 0 Å². The lowest BCUT2D eigenvalue weighted by Gasteiger charge is -2.08. The van der Waals surface area contributed by atoms with Gasteiger partial charge in [-0.15, -0.1) is 0 Å². The predicted octanol–water partition coefficient (Wildman–Crippen LogP) is 0.746. The summed E-state index contributed by atoms with van der Waals surface area (Å²) >= 11 is 0. The van der Waals surface area contributed by atoms with Crippen molar-refractivity contribution in [2.24, 2.45) is 13.0 Å². The average molecular weight is 194 g/mol. The van der Waals surface area contributed by atoms with Crippen molar-refractivity contribution < 1.29 is 0 Å². The van der Waals surface area contributed by atoms with E-state index in [1.54, 1.807) is 4.80 Å². The Kier molecular flexibility index (Phi) is 2.82. The molecule has 1 saturated carbocycles. The highest BCUT2D eigenvalue weighted by molar-refractivity contribution is 4.95. The third-order valence-corrected chi connectivity index (χ3v) is 3.09. The number of hydrogen-bond acceptors (Lipinski definition) is 3. The van der Waals surface area contributed by atoms with Gasteiger partial charge in [0.1, 0.15) is 0 Å². The summed E-state index contributed by atoms with van der Waals surface area (Å²) in [5, 5.41) is 11.7. The first-order valence-corrected chi connectivity index (χ1v) is 5.30. The van der Waals surface area contributed by atoms with Gasteiger partial charge < -0.3 is 5.32 Å². The smallest absolute Gasteiger partial charge is 0.0829 e. The predicted molar refractivity (Wildman–Crippen MR) is 54.9 cm³/mol. The van der Waals surface area contributed by atoms with E-state index in [2.05, 4.69) is 22.6 Å². The fraction of sp³-hybridized carbons (Fsp3) is 0.800. The Morgan fingerprint density at radius 3 is 3.00 bits per heavy atom. The Morgan fingerprint density at radius 2 is 2.43 bits per heavy atom. The standard InChI is InChI=1S/C10H18N4/c1-11-9-4-3-8(5-9)6-10-7-12-14(2)13-10/h7-9,11H,3-6H2,1-2H3. The molecule has 0 radical (unpaired) electrons. The number of hydrogen-bond donors (Lipinski definition) is 1. The molecule has 1 aromatic heterocycles. The SMILES string of the molecule is CNC1CCC(Cc2cnn(C)n2)C1. The molecule has 1 aliphatic rings. The monoisotopic (exact) mass is 194 g/mol. The van der Waals surface area contributed by atoms with Gasteiger partial charge in [0.15, 0.2) is 0 Å². The molecule has 1 aliphatic carbocycles. The Morgan fingerprint density at radius 1 is 1.57 bits per heavy atom. The van der Waals surface area contributed by atoms with E-state index in [1.807, 2.05) is 13.2 Å². The van der Waals surface area contributed by atoms with Crippen LogP contribution in [0.3, 0.4) is 0 Å². The first-order chi connectivity index (χ1) is 6.78. The van der Waals surface area contributed by atoms with E-state index in [4.69, 9.17) is 0 Å². The molecule has 0 spiro atoms. The quantitative estimate of drug-likeness (QED) is 0.772. The molecule has 78 valence electrons. The molecule has 1 aromatic rings. The fourth-order valence-corrected chi connectivity index (χ4v) is 2.30. The minimum absolute atomic E-state index is 0.719. The molecular formula is C10H18N4. The van der Waals surface area contributed by atoms with E-state index in [9.17, 15) is 0 Å². The van der Waals surface area contributed by atoms with Crippen molar-refractivity contribution in [1.29, 1.82) is 0 Å². The summed E-state index contributed by atoms with van der Waals surface area (Å²) in [4.78, 5) is 1.64. The summed E-state index contributed by atoms with van der Waals surface area (Å²) in [6, 6.07) is 0.719. The third-order valence-electron chi connectivity index (χ3n) is 3.09. The number of nitrogens with zero attached hydrogens (tertiary/aromatic N) is 3. The highest BCUT2D eigenvalue weighted by atomic mass is 15.4. The van der Waals surface area contributed by atoms with Gasteiger partial charge in [-0.3, -0.25) is 0 Å². The average Bonchev–Trinajstić information content (AvgIpc) is 2.76. The summed E-state index contributed by atoms with van der Waals surface area (Å²) in [5.74, 6) is 0.796. The van der Waals surface area contributed by atoms with Gasteiger partial charge >= 0.3 is 0 Å². The van der Waals surface area contributed by atoms with Gasteiger partial charge in [0, 0.05) is 13.1 Å². The zero-order valence-corrected chi connectivity index (χ0v) is 8.90. The van der Waals surface area contributed by atoms with Crippen LogP contribution < -0.4 is 5.32 Å². The first kappa shape index (κ1) is 9.65. The first-order valence-electron chi connectivity index (χ1n) is 5.30. The van der Waals surface area contributed by atoms with Crippen LogP contribution in [0.15, 0.2) is 6.20 Å². The number of nitrogens with one attached hydrogen (secondary N) is 1. The van der Waals surface area contributed by atoms with Crippen LogP contribution in [0.2, 0.25) is 0 Å². The van der Waals surface area contributed by atoms with Crippen molar-refractivity contribution in [1.82, 2.24) is 20.3 Å². The van der Waals surface area contributed by atoms with Crippen molar-refractivity contribution in [3.05, 3.63) is 11.9 Å². The van der Waals surface area contributed by atoms with Gasteiger partial charge in [0.2, 0.25) is 0 Å². The molecular weight excluding hydrogens is 176 g/mol. The highest BCUT2D eigenvalue weighted by Gasteiger charge is 2.24. The summed E-state index contributed by atoms with van der Waals surface area (Å²) < 4.78 is 0. The minimum atomic E-state index is 0.719. The van der Waals surface area contributed by atoms with Gasteiger partial charge in [0.25, 0.3) is 0 Å². The molecule has 2 unspecified atom stereocenters. The topological polar surface area (TPSA) is 42.7 Å². The molecule has 0 aliphatic heterocycles. The lowest BCUT2D eigenvalue weighted by molar-refractivity contribution is 0.501. The zero-order chi connectivity index (χ0) is 9.97. The van der Waals surface area contributed by atoms with Crippen LogP contribution in [0.5, 0.6) is 0 Å². The minimum Gasteiger partial charge on any atom is -0.317 e. The Balaban J connectivity index is 1.87. The second-order valence-corrected chi connectivity index (χ2v) is 4.19. The Hall–Kier alpha value is -0.900. The Bertz CT molecular complexity index is 294. The van der Waals surface area contributed by atoms with E-state index in [1.165, 1.54) is 19.3 Å². The molecule has 0 amide bonds. The molecule has 4 heteroatoms. The van der Waals surface area contributed by atoms with Crippen molar-refractivity contribution in [2.75, 3.05) is 7.05 Å². The second kappa shape index (κ2) is 4.09. The van der Waals surface area contributed by atoms with Crippen LogP contribution in [-0.4, -0.2) is 28.1 Å². The molecule has 0 saturated heterocycles. The maximum atomic E-state index is 4.31. The van der Waals surface area contributed by atoms with E-state index >= 15 is 0 Å². The summed E-state index contributed by atoms with van der Waals surface area (Å²) in [7, 11) is 3.92. The van der Waals surface area contributed by atoms with E-state index in [-0.39, 0.29) is 0 Å². The van der Waals surface area contributed by atoms with Gasteiger partial charge in [-0.25, -0.2) is 0 Å². The lowest BCUT2D eigenvalue weighted by Crippen LogP contribution is -2.21. The number of aryl methyl sites for hydroxylation is 1. The van der Waals surface area contributed by atoms with Crippen LogP contribution in [0, 0.1) is 5.92 Å².